The zero-order valence-corrected chi connectivity index (χ0v) is 10.5. The lowest BCUT2D eigenvalue weighted by molar-refractivity contribution is -0.137. The smallest absolute Gasteiger partial charge is 0.396 e. The predicted molar refractivity (Wildman–Crippen MR) is 61.3 cm³/mol. The molecule has 0 aromatic carbocycles. The summed E-state index contributed by atoms with van der Waals surface area (Å²) in [6.07, 6.45) is -3.94. The zero-order valence-electron chi connectivity index (χ0n) is 8.96. The first-order chi connectivity index (χ1) is 7.82. The average molecular weight is 286 g/mol. The van der Waals surface area contributed by atoms with Crippen LogP contribution in [-0.2, 0) is 6.18 Å². The van der Waals surface area contributed by atoms with E-state index in [4.69, 9.17) is 16.7 Å². The van der Waals surface area contributed by atoms with Crippen molar-refractivity contribution in [3.63, 3.8) is 0 Å². The number of nitrogens with zero attached hydrogens (tertiary/aromatic N) is 1. The Morgan fingerprint density at radius 2 is 2.12 bits per heavy atom. The summed E-state index contributed by atoms with van der Waals surface area (Å²) < 4.78 is 37.5. The number of halogens is 4. The lowest BCUT2D eigenvalue weighted by Crippen LogP contribution is -2.06. The van der Waals surface area contributed by atoms with Gasteiger partial charge in [-0.2, -0.15) is 13.2 Å². The number of aromatic nitrogens is 1. The molecule has 1 atom stereocenters. The fourth-order valence-electron chi connectivity index (χ4n) is 1.14. The first kappa shape index (κ1) is 14.6. The van der Waals surface area contributed by atoms with E-state index in [-0.39, 0.29) is 22.0 Å². The molecule has 1 N–H and O–H groups in total. The van der Waals surface area contributed by atoms with E-state index in [1.807, 2.05) is 0 Å². The van der Waals surface area contributed by atoms with Gasteiger partial charge in [-0.15, -0.1) is 11.8 Å². The molecule has 0 bridgehead atoms. The number of hydrogen-bond donors (Lipinski definition) is 1. The molecule has 1 rings (SSSR count). The van der Waals surface area contributed by atoms with E-state index >= 15 is 0 Å². The molecule has 0 aliphatic heterocycles. The summed E-state index contributed by atoms with van der Waals surface area (Å²) in [5.41, 5.74) is -0.809. The Labute approximate surface area is 106 Å². The van der Waals surface area contributed by atoms with Crippen LogP contribution in [0.15, 0.2) is 17.2 Å². The minimum atomic E-state index is -4.43. The van der Waals surface area contributed by atoms with Gasteiger partial charge in [0.2, 0.25) is 0 Å². The Balaban J connectivity index is 2.90. The minimum absolute atomic E-state index is 0.0130. The highest BCUT2D eigenvalue weighted by Crippen LogP contribution is 2.34. The van der Waals surface area contributed by atoms with Crippen molar-refractivity contribution in [3.05, 3.63) is 22.8 Å². The minimum Gasteiger partial charge on any atom is -0.396 e. The number of rotatable bonds is 4. The van der Waals surface area contributed by atoms with Crippen molar-refractivity contribution in [1.29, 1.82) is 0 Å². The Bertz CT molecular complexity index is 386. The van der Waals surface area contributed by atoms with Crippen LogP contribution in [-0.4, -0.2) is 21.9 Å². The number of thioether (sulfide) groups is 1. The van der Waals surface area contributed by atoms with Gasteiger partial charge >= 0.3 is 6.18 Å². The molecular weight excluding hydrogens is 275 g/mol. The quantitative estimate of drug-likeness (QED) is 0.677. The average Bonchev–Trinajstić information content (AvgIpc) is 2.15. The zero-order chi connectivity index (χ0) is 13.1. The van der Waals surface area contributed by atoms with Gasteiger partial charge in [0.05, 0.1) is 10.6 Å². The van der Waals surface area contributed by atoms with Crippen molar-refractivity contribution in [1.82, 2.24) is 4.98 Å². The Morgan fingerprint density at radius 1 is 1.47 bits per heavy atom. The second kappa shape index (κ2) is 5.93. The first-order valence-corrected chi connectivity index (χ1v) is 6.11. The lowest BCUT2D eigenvalue weighted by Gasteiger charge is -2.11. The molecule has 2 nitrogen and oxygen atoms in total. The second-order valence-corrected chi connectivity index (χ2v) is 5.30. The fraction of sp³-hybridized carbons (Fsp3) is 0.500. The summed E-state index contributed by atoms with van der Waals surface area (Å²) >= 11 is 6.70. The normalized spacial score (nSPS) is 13.8. The number of pyridine rings is 1. The first-order valence-electron chi connectivity index (χ1n) is 4.85. The van der Waals surface area contributed by atoms with Crippen molar-refractivity contribution in [3.8, 4) is 0 Å². The molecule has 0 radical (unpaired) electrons. The lowest BCUT2D eigenvalue weighted by atomic mass is 10.3. The highest BCUT2D eigenvalue weighted by molar-refractivity contribution is 7.99. The molecule has 7 heteroatoms. The van der Waals surface area contributed by atoms with E-state index in [1.165, 1.54) is 0 Å². The van der Waals surface area contributed by atoms with Crippen LogP contribution in [0, 0.1) is 0 Å². The van der Waals surface area contributed by atoms with Gasteiger partial charge in [-0.1, -0.05) is 18.5 Å². The van der Waals surface area contributed by atoms with E-state index in [2.05, 4.69) is 4.98 Å². The molecule has 1 heterocycles. The van der Waals surface area contributed by atoms with Crippen LogP contribution in [0.4, 0.5) is 13.2 Å². The van der Waals surface area contributed by atoms with Crippen molar-refractivity contribution < 1.29 is 18.3 Å². The number of alkyl halides is 3. The van der Waals surface area contributed by atoms with Crippen molar-refractivity contribution >= 4 is 23.4 Å². The monoisotopic (exact) mass is 285 g/mol. The predicted octanol–water partition coefficient (Wildman–Crippen LogP) is 3.62. The van der Waals surface area contributed by atoms with Gasteiger partial charge in [-0.3, -0.25) is 0 Å². The Kier molecular flexibility index (Phi) is 5.09. The van der Waals surface area contributed by atoms with Crippen LogP contribution in [0.1, 0.15) is 18.9 Å². The highest BCUT2D eigenvalue weighted by atomic mass is 35.5. The van der Waals surface area contributed by atoms with Crippen LogP contribution in [0.2, 0.25) is 5.15 Å². The number of hydrogen-bond acceptors (Lipinski definition) is 3. The number of aliphatic hydroxyl groups excluding tert-OH is 1. The van der Waals surface area contributed by atoms with Crippen molar-refractivity contribution in [2.24, 2.45) is 0 Å². The molecule has 0 aliphatic carbocycles. The van der Waals surface area contributed by atoms with Gasteiger partial charge < -0.3 is 5.11 Å². The SMILES string of the molecule is CC(CCO)Sc1cc(C(F)(F)F)cc(Cl)n1. The van der Waals surface area contributed by atoms with Gasteiger partial charge in [0.25, 0.3) is 0 Å². The standard InChI is InChI=1S/C10H11ClF3NOS/c1-6(2-3-16)17-9-5-7(10(12,13)14)4-8(11)15-9/h4-6,16H,2-3H2,1H3. The molecule has 0 amide bonds. The van der Waals surface area contributed by atoms with E-state index < -0.39 is 11.7 Å². The van der Waals surface area contributed by atoms with Crippen molar-refractivity contribution in [2.75, 3.05) is 6.61 Å². The third-order valence-corrected chi connectivity index (χ3v) is 3.24. The third kappa shape index (κ3) is 4.73. The van der Waals surface area contributed by atoms with Crippen LogP contribution < -0.4 is 0 Å². The number of aliphatic hydroxyl groups is 1. The summed E-state index contributed by atoms with van der Waals surface area (Å²) in [6, 6.07) is 1.76. The van der Waals surface area contributed by atoms with Crippen molar-refractivity contribution in [2.45, 2.75) is 29.8 Å². The highest BCUT2D eigenvalue weighted by Gasteiger charge is 2.31. The van der Waals surface area contributed by atoms with E-state index in [0.29, 0.717) is 6.42 Å². The summed E-state index contributed by atoms with van der Waals surface area (Å²) in [7, 11) is 0. The summed E-state index contributed by atoms with van der Waals surface area (Å²) in [5.74, 6) is 0. The largest absolute Gasteiger partial charge is 0.416 e. The van der Waals surface area contributed by atoms with Crippen LogP contribution >= 0.6 is 23.4 Å². The molecule has 1 aromatic heterocycles. The topological polar surface area (TPSA) is 33.1 Å². The third-order valence-electron chi connectivity index (χ3n) is 1.96. The molecule has 17 heavy (non-hydrogen) atoms. The van der Waals surface area contributed by atoms with E-state index in [0.717, 1.165) is 23.9 Å². The molecule has 0 fully saturated rings. The van der Waals surface area contributed by atoms with Crippen LogP contribution in [0.25, 0.3) is 0 Å². The van der Waals surface area contributed by atoms with Gasteiger partial charge in [0.15, 0.2) is 0 Å². The molecule has 0 saturated carbocycles. The molecule has 0 saturated heterocycles. The van der Waals surface area contributed by atoms with E-state index in [9.17, 15) is 13.2 Å². The Morgan fingerprint density at radius 3 is 2.65 bits per heavy atom. The fourth-order valence-corrected chi connectivity index (χ4v) is 2.38. The van der Waals surface area contributed by atoms with Gasteiger partial charge in [-0.25, -0.2) is 4.98 Å². The van der Waals surface area contributed by atoms with Gasteiger partial charge in [0, 0.05) is 11.9 Å². The second-order valence-electron chi connectivity index (χ2n) is 3.46. The Hall–Kier alpha value is -0.460. The molecule has 1 aromatic rings. The molecule has 0 spiro atoms. The maximum atomic E-state index is 12.5. The molecule has 1 unspecified atom stereocenters. The van der Waals surface area contributed by atoms with E-state index in [1.54, 1.807) is 6.92 Å². The molecular formula is C10H11ClF3NOS. The molecule has 0 aliphatic rings. The maximum Gasteiger partial charge on any atom is 0.416 e. The van der Waals surface area contributed by atoms with Crippen LogP contribution in [0.3, 0.4) is 0 Å². The summed E-state index contributed by atoms with van der Waals surface area (Å²) in [6.45, 7) is 1.79. The maximum absolute atomic E-state index is 12.5. The summed E-state index contributed by atoms with van der Waals surface area (Å²) in [4.78, 5) is 3.82. The molecule has 96 valence electrons. The van der Waals surface area contributed by atoms with Crippen LogP contribution in [0.5, 0.6) is 0 Å². The van der Waals surface area contributed by atoms with Gasteiger partial charge in [0.1, 0.15) is 5.15 Å². The summed E-state index contributed by atoms with van der Waals surface area (Å²) in [5, 5.41) is 8.72. The van der Waals surface area contributed by atoms with Gasteiger partial charge in [-0.05, 0) is 18.6 Å².